The molecule has 0 N–H and O–H groups in total. The zero-order valence-corrected chi connectivity index (χ0v) is 11.9. The summed E-state index contributed by atoms with van der Waals surface area (Å²) in [6.45, 7) is 3.84. The maximum Gasteiger partial charge on any atom is 0.232 e. The van der Waals surface area contributed by atoms with Gasteiger partial charge in [-0.15, -0.1) is 0 Å². The molecule has 1 fully saturated rings. The van der Waals surface area contributed by atoms with Gasteiger partial charge in [-0.25, -0.2) is 0 Å². The van der Waals surface area contributed by atoms with E-state index in [2.05, 4.69) is 0 Å². The van der Waals surface area contributed by atoms with Crippen molar-refractivity contribution in [3.05, 3.63) is 60.7 Å². The molecule has 1 atom stereocenters. The molecule has 2 aromatic carbocycles. The van der Waals surface area contributed by atoms with Crippen molar-refractivity contribution < 1.29 is 9.40 Å². The summed E-state index contributed by atoms with van der Waals surface area (Å²) in [5.74, 6) is 0. The Labute approximate surface area is 113 Å². The largest absolute Gasteiger partial charge is 0.294 e. The van der Waals surface area contributed by atoms with E-state index < -0.39 is 13.0 Å². The molecule has 4 heteroatoms. The number of rotatable bonds is 3. The lowest BCUT2D eigenvalue weighted by Crippen LogP contribution is -2.24. The predicted octanol–water partition coefficient (Wildman–Crippen LogP) is 2.90. The third-order valence-electron chi connectivity index (χ3n) is 3.21. The molecule has 0 radical (unpaired) electrons. The van der Waals surface area contributed by atoms with Gasteiger partial charge in [-0.05, 0) is 38.1 Å². The third-order valence-corrected chi connectivity index (χ3v) is 6.28. The highest BCUT2D eigenvalue weighted by Gasteiger charge is 2.58. The maximum absolute atomic E-state index is 13.6. The first-order chi connectivity index (χ1) is 9.05. The quantitative estimate of drug-likeness (QED) is 0.636. The van der Waals surface area contributed by atoms with Crippen molar-refractivity contribution in [2.45, 2.75) is 19.6 Å². The second-order valence-electron chi connectivity index (χ2n) is 5.06. The van der Waals surface area contributed by atoms with Gasteiger partial charge in [0.15, 0.2) is 5.72 Å². The Morgan fingerprint density at radius 1 is 0.895 bits per heavy atom. The fourth-order valence-corrected chi connectivity index (χ4v) is 5.07. The van der Waals surface area contributed by atoms with Crippen molar-refractivity contribution in [1.82, 2.24) is 4.83 Å². The minimum atomic E-state index is -2.90. The lowest BCUT2D eigenvalue weighted by atomic mass is 10.4. The molecule has 0 amide bonds. The van der Waals surface area contributed by atoms with E-state index >= 15 is 0 Å². The van der Waals surface area contributed by atoms with Crippen LogP contribution >= 0.6 is 7.29 Å². The summed E-state index contributed by atoms with van der Waals surface area (Å²) in [4.78, 5) is 7.18. The Hall–Kier alpha value is -1.41. The van der Waals surface area contributed by atoms with E-state index in [9.17, 15) is 4.57 Å². The standard InChI is InChI=1S/C15H16NO2P/c1-15(2)16(18-15)19(17,13-9-5-3-6-10-13)14-11-7-4-8-12-14/h3-12H,1-2H3. The Morgan fingerprint density at radius 3 is 1.58 bits per heavy atom. The first-order valence-corrected chi connectivity index (χ1v) is 7.92. The Bertz CT molecular complexity index is 582. The molecule has 0 bridgehead atoms. The van der Waals surface area contributed by atoms with Crippen molar-refractivity contribution in [3.63, 3.8) is 0 Å². The first-order valence-electron chi connectivity index (χ1n) is 6.26. The summed E-state index contributed by atoms with van der Waals surface area (Å²) in [5, 5.41) is 1.60. The Morgan fingerprint density at radius 2 is 1.26 bits per heavy atom. The minimum Gasteiger partial charge on any atom is -0.294 e. The summed E-state index contributed by atoms with van der Waals surface area (Å²) in [7, 11) is -2.90. The van der Waals surface area contributed by atoms with Crippen molar-refractivity contribution in [1.29, 1.82) is 0 Å². The van der Waals surface area contributed by atoms with Crippen LogP contribution in [-0.4, -0.2) is 10.6 Å². The van der Waals surface area contributed by atoms with E-state index in [0.29, 0.717) is 0 Å². The van der Waals surface area contributed by atoms with E-state index in [4.69, 9.17) is 4.84 Å². The number of hydrogen-bond donors (Lipinski definition) is 0. The molecule has 3 rings (SSSR count). The molecule has 3 nitrogen and oxygen atoms in total. The first kappa shape index (κ1) is 12.6. The van der Waals surface area contributed by atoms with Crippen molar-refractivity contribution >= 4 is 17.9 Å². The van der Waals surface area contributed by atoms with Gasteiger partial charge in [-0.3, -0.25) is 9.40 Å². The monoisotopic (exact) mass is 273 g/mol. The lowest BCUT2D eigenvalue weighted by molar-refractivity contribution is 0.267. The van der Waals surface area contributed by atoms with Crippen LogP contribution in [0.4, 0.5) is 0 Å². The smallest absolute Gasteiger partial charge is 0.232 e. The summed E-state index contributed by atoms with van der Waals surface area (Å²) in [6, 6.07) is 19.0. The van der Waals surface area contributed by atoms with Crippen LogP contribution in [0.5, 0.6) is 0 Å². The fourth-order valence-electron chi connectivity index (χ4n) is 2.21. The number of benzene rings is 2. The van der Waals surface area contributed by atoms with E-state index in [-0.39, 0.29) is 0 Å². The van der Waals surface area contributed by atoms with Gasteiger partial charge in [-0.2, -0.15) is 0 Å². The van der Waals surface area contributed by atoms with Gasteiger partial charge in [0.25, 0.3) is 0 Å². The molecular formula is C15H16NO2P. The van der Waals surface area contributed by atoms with Crippen LogP contribution in [-0.2, 0) is 9.40 Å². The molecule has 1 aliphatic heterocycles. The highest BCUT2D eigenvalue weighted by atomic mass is 31.2. The summed E-state index contributed by atoms with van der Waals surface area (Å²) in [5.41, 5.74) is -0.471. The van der Waals surface area contributed by atoms with Crippen molar-refractivity contribution in [3.8, 4) is 0 Å². The van der Waals surface area contributed by atoms with Gasteiger partial charge >= 0.3 is 0 Å². The highest BCUT2D eigenvalue weighted by Crippen LogP contribution is 2.60. The fraction of sp³-hybridized carbons (Fsp3) is 0.200. The van der Waals surface area contributed by atoms with Crippen LogP contribution in [0.3, 0.4) is 0 Å². The zero-order chi connectivity index (χ0) is 13.5. The van der Waals surface area contributed by atoms with Crippen LogP contribution in [0.1, 0.15) is 13.8 Å². The van der Waals surface area contributed by atoms with Gasteiger partial charge in [0.1, 0.15) is 0 Å². The van der Waals surface area contributed by atoms with Gasteiger partial charge in [-0.1, -0.05) is 41.2 Å². The van der Waals surface area contributed by atoms with Gasteiger partial charge < -0.3 is 0 Å². The molecular weight excluding hydrogens is 257 g/mol. The van der Waals surface area contributed by atoms with E-state index in [1.807, 2.05) is 74.5 Å². The average Bonchev–Trinajstić information content (AvgIpc) is 3.09. The molecule has 98 valence electrons. The molecule has 2 aromatic rings. The van der Waals surface area contributed by atoms with Gasteiger partial charge in [0.05, 0.1) is 0 Å². The molecule has 1 unspecified atom stereocenters. The maximum atomic E-state index is 13.6. The van der Waals surface area contributed by atoms with Crippen LogP contribution in [0.15, 0.2) is 60.7 Å². The predicted molar refractivity (Wildman–Crippen MR) is 76.8 cm³/mol. The SMILES string of the molecule is CC1(C)ON1P(=O)(c1ccccc1)c1ccccc1. The molecule has 1 aliphatic rings. The minimum absolute atomic E-state index is 0.471. The lowest BCUT2D eigenvalue weighted by Gasteiger charge is -2.19. The van der Waals surface area contributed by atoms with Crippen LogP contribution in [0.25, 0.3) is 0 Å². The molecule has 1 heterocycles. The summed E-state index contributed by atoms with van der Waals surface area (Å²) < 4.78 is 13.6. The van der Waals surface area contributed by atoms with Crippen molar-refractivity contribution in [2.24, 2.45) is 0 Å². The second kappa shape index (κ2) is 4.31. The highest BCUT2D eigenvalue weighted by molar-refractivity contribution is 7.76. The second-order valence-corrected chi connectivity index (χ2v) is 7.61. The van der Waals surface area contributed by atoms with E-state index in [1.165, 1.54) is 0 Å². The van der Waals surface area contributed by atoms with Gasteiger partial charge in [0, 0.05) is 10.6 Å². The zero-order valence-electron chi connectivity index (χ0n) is 11.0. The van der Waals surface area contributed by atoms with E-state index in [0.717, 1.165) is 10.6 Å². The molecule has 0 aromatic heterocycles. The van der Waals surface area contributed by atoms with Crippen LogP contribution < -0.4 is 10.6 Å². The molecule has 0 spiro atoms. The number of hydroxylamine groups is 1. The summed E-state index contributed by atoms with van der Waals surface area (Å²) >= 11 is 0. The van der Waals surface area contributed by atoms with Gasteiger partial charge in [0.2, 0.25) is 7.29 Å². The number of hydrogen-bond acceptors (Lipinski definition) is 2. The topological polar surface area (TPSA) is 32.6 Å². The molecule has 0 aliphatic carbocycles. The van der Waals surface area contributed by atoms with Crippen LogP contribution in [0.2, 0.25) is 0 Å². The average molecular weight is 273 g/mol. The Balaban J connectivity index is 2.15. The van der Waals surface area contributed by atoms with E-state index in [1.54, 1.807) is 4.83 Å². The Kier molecular flexibility index (Phi) is 2.86. The normalized spacial score (nSPS) is 21.1. The molecule has 1 saturated heterocycles. The molecule has 19 heavy (non-hydrogen) atoms. The number of nitrogens with zero attached hydrogens (tertiary/aromatic N) is 1. The molecule has 0 saturated carbocycles. The summed E-state index contributed by atoms with van der Waals surface area (Å²) in [6.07, 6.45) is 0. The van der Waals surface area contributed by atoms with Crippen LogP contribution in [0, 0.1) is 0 Å². The van der Waals surface area contributed by atoms with Crippen molar-refractivity contribution in [2.75, 3.05) is 0 Å². The third kappa shape index (κ3) is 2.04.